The van der Waals surface area contributed by atoms with Gasteiger partial charge >= 0.3 is 6.09 Å². The Morgan fingerprint density at radius 1 is 1.00 bits per heavy atom. The molecule has 0 aromatic heterocycles. The lowest BCUT2D eigenvalue weighted by Crippen LogP contribution is -2.65. The van der Waals surface area contributed by atoms with E-state index in [1.165, 1.54) is 0 Å². The summed E-state index contributed by atoms with van der Waals surface area (Å²) < 4.78 is 5.32. The van der Waals surface area contributed by atoms with Gasteiger partial charge in [0.1, 0.15) is 12.7 Å². The third kappa shape index (κ3) is 3.42. The van der Waals surface area contributed by atoms with Crippen molar-refractivity contribution in [1.29, 1.82) is 5.26 Å². The van der Waals surface area contributed by atoms with Crippen LogP contribution < -0.4 is 0 Å². The van der Waals surface area contributed by atoms with Gasteiger partial charge in [0, 0.05) is 23.3 Å². The number of nitriles is 1. The number of carbonyl (C=O) groups excluding carboxylic acids is 3. The van der Waals surface area contributed by atoms with Crippen LogP contribution in [0.3, 0.4) is 0 Å². The van der Waals surface area contributed by atoms with Gasteiger partial charge in [0.2, 0.25) is 0 Å². The van der Waals surface area contributed by atoms with Crippen LogP contribution in [0.15, 0.2) is 23.3 Å². The van der Waals surface area contributed by atoms with Crippen molar-refractivity contribution >= 4 is 17.7 Å². The van der Waals surface area contributed by atoms with E-state index in [1.54, 1.807) is 0 Å². The highest BCUT2D eigenvalue weighted by atomic mass is 16.6. The van der Waals surface area contributed by atoms with Crippen LogP contribution in [-0.2, 0) is 14.3 Å². The molecule has 7 atom stereocenters. The molecular formula is C34H46N2O4. The van der Waals surface area contributed by atoms with Crippen LogP contribution in [0.2, 0.25) is 0 Å². The van der Waals surface area contributed by atoms with Crippen LogP contribution in [0.25, 0.3) is 0 Å². The fourth-order valence-corrected chi connectivity index (χ4v) is 11.0. The normalized spacial score (nSPS) is 45.2. The maximum atomic E-state index is 14.6. The number of hydrogen-bond donors (Lipinski definition) is 0. The quantitative estimate of drug-likeness (QED) is 0.387. The first-order valence-corrected chi connectivity index (χ1v) is 15.4. The number of hydrogen-bond acceptors (Lipinski definition) is 5. The highest BCUT2D eigenvalue weighted by Gasteiger charge is 2.70. The van der Waals surface area contributed by atoms with E-state index < -0.39 is 10.8 Å². The number of ether oxygens (including phenoxy) is 1. The Morgan fingerprint density at radius 2 is 1.70 bits per heavy atom. The van der Waals surface area contributed by atoms with Gasteiger partial charge in [-0.2, -0.15) is 5.26 Å². The van der Waals surface area contributed by atoms with Gasteiger partial charge in [0.25, 0.3) is 0 Å². The minimum Gasteiger partial charge on any atom is -0.448 e. The van der Waals surface area contributed by atoms with E-state index in [0.29, 0.717) is 19.7 Å². The molecule has 0 bridgehead atoms. The molecule has 6 aliphatic rings. The zero-order chi connectivity index (χ0) is 29.1. The Kier molecular flexibility index (Phi) is 5.77. The van der Waals surface area contributed by atoms with Crippen molar-refractivity contribution in [3.05, 3.63) is 23.3 Å². The fourth-order valence-electron chi connectivity index (χ4n) is 11.0. The summed E-state index contributed by atoms with van der Waals surface area (Å²) in [5, 5.41) is 9.93. The first kappa shape index (κ1) is 27.7. The molecule has 1 aliphatic heterocycles. The molecule has 216 valence electrons. The number of carbonyl (C=O) groups is 3. The average Bonchev–Trinajstić information content (AvgIpc) is 3.27. The van der Waals surface area contributed by atoms with E-state index in [-0.39, 0.29) is 62.6 Å². The largest absolute Gasteiger partial charge is 0.448 e. The van der Waals surface area contributed by atoms with Crippen LogP contribution in [0.4, 0.5) is 4.79 Å². The van der Waals surface area contributed by atoms with Gasteiger partial charge in [0.05, 0.1) is 12.1 Å². The molecule has 6 rings (SSSR count). The topological polar surface area (TPSA) is 87.5 Å². The summed E-state index contributed by atoms with van der Waals surface area (Å²) in [4.78, 5) is 42.3. The predicted molar refractivity (Wildman–Crippen MR) is 152 cm³/mol. The minimum atomic E-state index is -0.656. The Labute approximate surface area is 239 Å². The summed E-state index contributed by atoms with van der Waals surface area (Å²) in [7, 11) is 0. The highest BCUT2D eigenvalue weighted by Crippen LogP contribution is 2.74. The third-order valence-corrected chi connectivity index (χ3v) is 13.4. The van der Waals surface area contributed by atoms with Gasteiger partial charge in [-0.15, -0.1) is 0 Å². The van der Waals surface area contributed by atoms with Crippen molar-refractivity contribution in [2.75, 3.05) is 19.7 Å². The van der Waals surface area contributed by atoms with Gasteiger partial charge in [-0.3, -0.25) is 9.59 Å². The third-order valence-electron chi connectivity index (χ3n) is 13.4. The van der Waals surface area contributed by atoms with E-state index in [9.17, 15) is 19.6 Å². The lowest BCUT2D eigenvalue weighted by Gasteiger charge is -2.69. The molecule has 0 N–H and O–H groups in total. The summed E-state index contributed by atoms with van der Waals surface area (Å²) in [5.74, 6) is 0.292. The number of ketones is 2. The summed E-state index contributed by atoms with van der Waals surface area (Å²) in [6, 6.07) is 2.20. The summed E-state index contributed by atoms with van der Waals surface area (Å²) in [6.07, 6.45) is 10.6. The van der Waals surface area contributed by atoms with Crippen LogP contribution in [0.5, 0.6) is 0 Å². The molecule has 3 saturated carbocycles. The van der Waals surface area contributed by atoms with Crippen molar-refractivity contribution in [2.45, 2.75) is 93.4 Å². The number of amides is 1. The molecule has 4 fully saturated rings. The molecule has 0 radical (unpaired) electrons. The van der Waals surface area contributed by atoms with E-state index >= 15 is 0 Å². The molecule has 5 aliphatic carbocycles. The molecule has 0 spiro atoms. The van der Waals surface area contributed by atoms with Gasteiger partial charge in [-0.05, 0) is 84.5 Å². The van der Waals surface area contributed by atoms with E-state index in [1.807, 2.05) is 30.9 Å². The number of nitrogens with zero attached hydrogens (tertiary/aromatic N) is 2. The molecule has 0 aromatic carbocycles. The number of cyclic esters (lactones) is 1. The maximum absolute atomic E-state index is 14.6. The van der Waals surface area contributed by atoms with Gasteiger partial charge in [-0.1, -0.05) is 60.1 Å². The molecule has 1 saturated heterocycles. The second-order valence-electron chi connectivity index (χ2n) is 16.2. The Balaban J connectivity index is 1.48. The lowest BCUT2D eigenvalue weighted by molar-refractivity contribution is -0.173. The maximum Gasteiger partial charge on any atom is 0.409 e. The van der Waals surface area contributed by atoms with Crippen molar-refractivity contribution in [3.8, 4) is 6.07 Å². The zero-order valence-corrected chi connectivity index (χ0v) is 25.5. The van der Waals surface area contributed by atoms with Gasteiger partial charge < -0.3 is 9.64 Å². The highest BCUT2D eigenvalue weighted by molar-refractivity contribution is 6.04. The molecular weight excluding hydrogens is 500 g/mol. The predicted octanol–water partition coefficient (Wildman–Crippen LogP) is 6.66. The van der Waals surface area contributed by atoms with Crippen molar-refractivity contribution in [2.24, 2.45) is 50.2 Å². The van der Waals surface area contributed by atoms with Crippen LogP contribution in [0.1, 0.15) is 93.4 Å². The fraction of sp³-hybridized carbons (Fsp3) is 0.765. The first-order chi connectivity index (χ1) is 18.5. The summed E-state index contributed by atoms with van der Waals surface area (Å²) in [5.41, 5.74) is -0.177. The molecule has 6 heteroatoms. The van der Waals surface area contributed by atoms with Crippen molar-refractivity contribution < 1.29 is 19.1 Å². The number of Topliss-reactive ketones (excluding diaryl/α,β-unsaturated/α-hetero) is 1. The number of rotatable bonds is 2. The Bertz CT molecular complexity index is 1300. The Morgan fingerprint density at radius 3 is 2.35 bits per heavy atom. The molecule has 0 unspecified atom stereocenters. The first-order valence-electron chi connectivity index (χ1n) is 15.4. The molecule has 0 aromatic rings. The van der Waals surface area contributed by atoms with Crippen LogP contribution in [-0.4, -0.2) is 42.3 Å². The number of fused-ring (bicyclic) bond motifs is 7. The summed E-state index contributed by atoms with van der Waals surface area (Å²) >= 11 is 0. The van der Waals surface area contributed by atoms with E-state index in [2.05, 4.69) is 40.7 Å². The standard InChI is InChI=1S/C34H46N2O4/c1-29(2)10-12-34(20-36-14-15-40-28(36)39)13-11-33(7)26(22(34)18-29)23(37)16-25-31(5)17-21(19-35)27(38)30(3,4)24(31)8-9-32(25,33)6/h16-17,22,24,26H,8-15,18,20H2,1-7H3/t22-,24-,26-,31-,32+,33+,34+/m0/s1. The van der Waals surface area contributed by atoms with Crippen molar-refractivity contribution in [1.82, 2.24) is 4.90 Å². The SMILES string of the molecule is CC1(C)CC[C@]2(CN3CCOC3=O)CC[C@]3(C)[C@H](C(=O)C=C4[C@@]5(C)C=C(C#N)C(=O)C(C)(C)[C@@H]5CC[C@]43C)[C@@H]2C1. The van der Waals surface area contributed by atoms with Gasteiger partial charge in [-0.25, -0.2) is 4.79 Å². The Hall–Kier alpha value is -2.42. The summed E-state index contributed by atoms with van der Waals surface area (Å²) in [6.45, 7) is 17.4. The zero-order valence-electron chi connectivity index (χ0n) is 25.5. The molecule has 1 heterocycles. The van der Waals surface area contributed by atoms with Crippen molar-refractivity contribution in [3.63, 3.8) is 0 Å². The van der Waals surface area contributed by atoms with Crippen LogP contribution >= 0.6 is 0 Å². The molecule has 6 nitrogen and oxygen atoms in total. The minimum absolute atomic E-state index is 0.0503. The molecule has 40 heavy (non-hydrogen) atoms. The van der Waals surface area contributed by atoms with E-state index in [0.717, 1.165) is 50.5 Å². The number of allylic oxidation sites excluding steroid dienone is 4. The van der Waals surface area contributed by atoms with Crippen LogP contribution in [0, 0.1) is 61.6 Å². The smallest absolute Gasteiger partial charge is 0.409 e. The lowest BCUT2D eigenvalue weighted by atomic mass is 9.34. The van der Waals surface area contributed by atoms with E-state index in [4.69, 9.17) is 4.74 Å². The second kappa shape index (κ2) is 8.33. The second-order valence-corrected chi connectivity index (χ2v) is 16.2. The molecule has 1 amide bonds. The monoisotopic (exact) mass is 546 g/mol. The van der Waals surface area contributed by atoms with Gasteiger partial charge in [0.15, 0.2) is 11.6 Å². The average molecular weight is 547 g/mol.